The fraction of sp³-hybridized carbons (Fsp3) is 0.640. The molecule has 0 amide bonds. The van der Waals surface area contributed by atoms with Crippen LogP contribution in [0.25, 0.3) is 5.82 Å². The maximum atomic E-state index is 15.6. The van der Waals surface area contributed by atoms with Crippen molar-refractivity contribution >= 4 is 14.3 Å². The number of esters is 1. The van der Waals surface area contributed by atoms with Gasteiger partial charge in [0.15, 0.2) is 14.1 Å². The van der Waals surface area contributed by atoms with Gasteiger partial charge in [-0.15, -0.1) is 0 Å². The number of nitrogens with zero attached hydrogens (tertiary/aromatic N) is 3. The Kier molecular flexibility index (Phi) is 7.20. The van der Waals surface area contributed by atoms with Crippen molar-refractivity contribution in [3.63, 3.8) is 0 Å². The molecular weight excluding hydrogens is 437 g/mol. The third kappa shape index (κ3) is 4.92. The van der Waals surface area contributed by atoms with Crippen LogP contribution in [0.4, 0.5) is 4.39 Å². The predicted molar refractivity (Wildman–Crippen MR) is 130 cm³/mol. The summed E-state index contributed by atoms with van der Waals surface area (Å²) in [6.07, 6.45) is 2.29. The summed E-state index contributed by atoms with van der Waals surface area (Å²) in [5.74, 6) is 0.235. The number of carbonyl (C=O) groups is 1. The molecule has 6 nitrogen and oxygen atoms in total. The Bertz CT molecular complexity index is 964. The number of hydrogen-bond acceptors (Lipinski definition) is 5. The summed E-state index contributed by atoms with van der Waals surface area (Å²) in [6.45, 7) is 16.7. The molecule has 0 aliphatic heterocycles. The molecule has 1 aliphatic rings. The van der Waals surface area contributed by atoms with Crippen LogP contribution in [0.1, 0.15) is 64.0 Å². The fourth-order valence-electron chi connectivity index (χ4n) is 4.33. The number of halogens is 1. The van der Waals surface area contributed by atoms with E-state index in [0.717, 1.165) is 11.4 Å². The maximum absolute atomic E-state index is 15.6. The van der Waals surface area contributed by atoms with Gasteiger partial charge < -0.3 is 13.7 Å². The van der Waals surface area contributed by atoms with Gasteiger partial charge in [-0.1, -0.05) is 20.8 Å². The molecule has 0 N–H and O–H groups in total. The predicted octanol–water partition coefficient (Wildman–Crippen LogP) is 5.60. The summed E-state index contributed by atoms with van der Waals surface area (Å²) in [7, 11) is -2.14. The van der Waals surface area contributed by atoms with E-state index >= 15 is 4.39 Å². The minimum atomic E-state index is -2.14. The van der Waals surface area contributed by atoms with Crippen molar-refractivity contribution in [3.8, 4) is 5.82 Å². The summed E-state index contributed by atoms with van der Waals surface area (Å²) < 4.78 is 29.4. The highest BCUT2D eigenvalue weighted by molar-refractivity contribution is 6.74. The number of ether oxygens (including phenoxy) is 1. The van der Waals surface area contributed by atoms with Crippen LogP contribution in [0.2, 0.25) is 18.1 Å². The molecular formula is C25H38FN3O3Si. The molecule has 8 heteroatoms. The Morgan fingerprint density at radius 2 is 1.85 bits per heavy atom. The lowest BCUT2D eigenvalue weighted by Crippen LogP contribution is -2.52. The van der Waals surface area contributed by atoms with Crippen LogP contribution in [0.3, 0.4) is 0 Å². The standard InChI is InChI=1S/C25H38FN3O3Si/c1-9-31-23(30)25(13-12-20(19(26)14-25)32-33(7,8)24(4,5)6)21-15-28-22(16-27-21)29-17(2)10-11-18(29)3/h10-11,15-16,19-20H,9,12-14H2,1-8H3/t19-,20?,25+/m0/s1. The molecule has 1 saturated carbocycles. The summed E-state index contributed by atoms with van der Waals surface area (Å²) >= 11 is 0. The molecule has 1 fully saturated rings. The van der Waals surface area contributed by atoms with E-state index < -0.39 is 32.0 Å². The van der Waals surface area contributed by atoms with E-state index in [4.69, 9.17) is 9.16 Å². The molecule has 2 aromatic heterocycles. The zero-order valence-corrected chi connectivity index (χ0v) is 22.2. The Morgan fingerprint density at radius 1 is 1.21 bits per heavy atom. The molecule has 2 aromatic rings. The fourth-order valence-corrected chi connectivity index (χ4v) is 5.71. The van der Waals surface area contributed by atoms with Gasteiger partial charge in [0.1, 0.15) is 11.6 Å². The number of aromatic nitrogens is 3. The zero-order valence-electron chi connectivity index (χ0n) is 21.2. The lowest BCUT2D eigenvalue weighted by Gasteiger charge is -2.44. The summed E-state index contributed by atoms with van der Waals surface area (Å²) in [4.78, 5) is 22.3. The second kappa shape index (κ2) is 9.29. The van der Waals surface area contributed by atoms with Gasteiger partial charge in [-0.2, -0.15) is 0 Å². The van der Waals surface area contributed by atoms with E-state index in [1.807, 2.05) is 30.5 Å². The van der Waals surface area contributed by atoms with Crippen molar-refractivity contribution in [1.82, 2.24) is 14.5 Å². The van der Waals surface area contributed by atoms with Crippen LogP contribution in [0.5, 0.6) is 0 Å². The maximum Gasteiger partial charge on any atom is 0.318 e. The molecule has 0 aromatic carbocycles. The topological polar surface area (TPSA) is 66.2 Å². The molecule has 1 unspecified atom stereocenters. The van der Waals surface area contributed by atoms with Crippen molar-refractivity contribution < 1.29 is 18.3 Å². The van der Waals surface area contributed by atoms with Crippen LogP contribution in [0.15, 0.2) is 24.5 Å². The molecule has 3 atom stereocenters. The van der Waals surface area contributed by atoms with Crippen LogP contribution in [-0.2, 0) is 19.4 Å². The van der Waals surface area contributed by atoms with Crippen molar-refractivity contribution in [3.05, 3.63) is 41.6 Å². The molecule has 33 heavy (non-hydrogen) atoms. The van der Waals surface area contributed by atoms with Gasteiger partial charge in [0.2, 0.25) is 0 Å². The van der Waals surface area contributed by atoms with E-state index in [2.05, 4.69) is 43.8 Å². The molecule has 0 spiro atoms. The van der Waals surface area contributed by atoms with Crippen molar-refractivity contribution in [1.29, 1.82) is 0 Å². The van der Waals surface area contributed by atoms with Crippen LogP contribution < -0.4 is 0 Å². The van der Waals surface area contributed by atoms with E-state index in [1.54, 1.807) is 19.3 Å². The van der Waals surface area contributed by atoms with Crippen LogP contribution in [0, 0.1) is 13.8 Å². The normalized spacial score (nSPS) is 24.0. The molecule has 1 aliphatic carbocycles. The van der Waals surface area contributed by atoms with E-state index in [-0.39, 0.29) is 18.1 Å². The van der Waals surface area contributed by atoms with E-state index in [9.17, 15) is 4.79 Å². The molecule has 0 bridgehead atoms. The van der Waals surface area contributed by atoms with E-state index in [1.165, 1.54) is 0 Å². The zero-order chi connectivity index (χ0) is 24.6. The minimum absolute atomic E-state index is 0.0132. The largest absolute Gasteiger partial charge is 0.465 e. The highest BCUT2D eigenvalue weighted by Crippen LogP contribution is 2.45. The first-order chi connectivity index (χ1) is 15.3. The van der Waals surface area contributed by atoms with Gasteiger partial charge in [-0.25, -0.2) is 9.37 Å². The van der Waals surface area contributed by atoms with Gasteiger partial charge in [-0.05, 0) is 63.9 Å². The quantitative estimate of drug-likeness (QED) is 0.402. The third-order valence-electron chi connectivity index (χ3n) is 7.35. The van der Waals surface area contributed by atoms with Gasteiger partial charge in [0.25, 0.3) is 0 Å². The number of hydrogen-bond donors (Lipinski definition) is 0. The average molecular weight is 476 g/mol. The minimum Gasteiger partial charge on any atom is -0.465 e. The van der Waals surface area contributed by atoms with Crippen molar-refractivity contribution in [2.45, 2.75) is 96.6 Å². The number of carbonyl (C=O) groups excluding carboxylic acids is 1. The van der Waals surface area contributed by atoms with Crippen molar-refractivity contribution in [2.75, 3.05) is 6.61 Å². The number of rotatable bonds is 6. The van der Waals surface area contributed by atoms with Gasteiger partial charge in [0.05, 0.1) is 30.8 Å². The number of alkyl halides is 1. The summed E-state index contributed by atoms with van der Waals surface area (Å²) in [6, 6.07) is 4.03. The Morgan fingerprint density at radius 3 is 2.33 bits per heavy atom. The van der Waals surface area contributed by atoms with Gasteiger partial charge >= 0.3 is 5.97 Å². The molecule has 2 heterocycles. The van der Waals surface area contributed by atoms with E-state index in [0.29, 0.717) is 24.4 Å². The first kappa shape index (κ1) is 25.6. The highest BCUT2D eigenvalue weighted by Gasteiger charge is 2.52. The molecule has 0 radical (unpaired) electrons. The summed E-state index contributed by atoms with van der Waals surface area (Å²) in [5, 5.41) is -0.0154. The molecule has 0 saturated heterocycles. The van der Waals surface area contributed by atoms with Crippen LogP contribution >= 0.6 is 0 Å². The SMILES string of the molecule is CCOC(=O)[C@]1(c2cnc(-n3c(C)ccc3C)cn2)CCC(O[Si](C)(C)C(C)(C)C)[C@@H](F)C1. The van der Waals surface area contributed by atoms with Gasteiger partial charge in [-0.3, -0.25) is 9.78 Å². The smallest absolute Gasteiger partial charge is 0.318 e. The summed E-state index contributed by atoms with van der Waals surface area (Å²) in [5.41, 5.74) is 1.39. The van der Waals surface area contributed by atoms with Crippen molar-refractivity contribution in [2.24, 2.45) is 0 Å². The first-order valence-corrected chi connectivity index (χ1v) is 14.7. The lowest BCUT2D eigenvalue weighted by molar-refractivity contribution is -0.154. The third-order valence-corrected chi connectivity index (χ3v) is 11.9. The molecule has 182 valence electrons. The number of aryl methyl sites for hydroxylation is 2. The molecule has 3 rings (SSSR count). The Balaban J connectivity index is 1.90. The highest BCUT2D eigenvalue weighted by atomic mass is 28.4. The second-order valence-electron chi connectivity index (χ2n) is 10.7. The lowest BCUT2D eigenvalue weighted by atomic mass is 9.70. The average Bonchev–Trinajstić information content (AvgIpc) is 3.07. The Labute approximate surface area is 198 Å². The monoisotopic (exact) mass is 475 g/mol. The van der Waals surface area contributed by atoms with Gasteiger partial charge in [0, 0.05) is 17.8 Å². The first-order valence-electron chi connectivity index (χ1n) is 11.8. The Hall–Kier alpha value is -2.06. The van der Waals surface area contributed by atoms with Crippen LogP contribution in [-0.4, -0.2) is 47.7 Å². The second-order valence-corrected chi connectivity index (χ2v) is 15.4.